The van der Waals surface area contributed by atoms with Crippen LogP contribution in [0.15, 0.2) is 66.3 Å². The van der Waals surface area contributed by atoms with Gasteiger partial charge in [0.15, 0.2) is 0 Å². The largest absolute Gasteiger partial charge is 0.497 e. The summed E-state index contributed by atoms with van der Waals surface area (Å²) in [4.78, 5) is 22.9. The van der Waals surface area contributed by atoms with E-state index < -0.39 is 0 Å². The van der Waals surface area contributed by atoms with E-state index in [1.165, 1.54) is 10.6 Å². The van der Waals surface area contributed by atoms with Crippen molar-refractivity contribution < 1.29 is 9.53 Å². The number of methoxy groups -OCH3 is 1. The van der Waals surface area contributed by atoms with Crippen LogP contribution in [0.5, 0.6) is 5.75 Å². The maximum atomic E-state index is 12.7. The number of aromatic nitrogens is 1. The Morgan fingerprint density at radius 2 is 1.87 bits per heavy atom. The van der Waals surface area contributed by atoms with Gasteiger partial charge in [0.2, 0.25) is 0 Å². The zero-order chi connectivity index (χ0) is 21.6. The molecule has 3 heterocycles. The average molecular weight is 437 g/mol. The van der Waals surface area contributed by atoms with Gasteiger partial charge in [-0.25, -0.2) is 0 Å². The zero-order valence-electron chi connectivity index (χ0n) is 17.9. The van der Waals surface area contributed by atoms with Crippen LogP contribution in [0.3, 0.4) is 0 Å². The van der Waals surface area contributed by atoms with Crippen LogP contribution >= 0.6 is 11.3 Å². The second-order valence-electron chi connectivity index (χ2n) is 7.69. The Labute approximate surface area is 187 Å². The molecule has 1 N–H and O–H groups in total. The van der Waals surface area contributed by atoms with E-state index in [0.717, 1.165) is 31.9 Å². The molecule has 1 saturated heterocycles. The van der Waals surface area contributed by atoms with Crippen LogP contribution < -0.4 is 15.0 Å². The highest BCUT2D eigenvalue weighted by atomic mass is 32.1. The molecule has 1 aliphatic rings. The number of hydrogen-bond donors (Lipinski definition) is 1. The molecule has 4 rings (SSSR count). The van der Waals surface area contributed by atoms with Crippen LogP contribution in [0.25, 0.3) is 0 Å². The molecule has 162 valence electrons. The Bertz CT molecular complexity index is 955. The molecule has 31 heavy (non-hydrogen) atoms. The van der Waals surface area contributed by atoms with Gasteiger partial charge in [0.1, 0.15) is 5.75 Å². The van der Waals surface area contributed by atoms with Crippen LogP contribution in [-0.2, 0) is 0 Å². The van der Waals surface area contributed by atoms with Crippen molar-refractivity contribution in [2.24, 2.45) is 0 Å². The molecule has 0 saturated carbocycles. The topological polar surface area (TPSA) is 57.7 Å². The molecule has 7 heteroatoms. The summed E-state index contributed by atoms with van der Waals surface area (Å²) in [6.07, 6.45) is 3.28. The van der Waals surface area contributed by atoms with E-state index in [1.54, 1.807) is 43.0 Å². The Morgan fingerprint density at radius 1 is 1.10 bits per heavy atom. The summed E-state index contributed by atoms with van der Waals surface area (Å²) < 4.78 is 5.27. The maximum Gasteiger partial charge on any atom is 0.253 e. The van der Waals surface area contributed by atoms with Crippen molar-refractivity contribution >= 4 is 22.9 Å². The summed E-state index contributed by atoms with van der Waals surface area (Å²) in [5, 5.41) is 5.30. The fraction of sp³-hybridized carbons (Fsp3) is 0.333. The molecule has 0 radical (unpaired) electrons. The lowest BCUT2D eigenvalue weighted by Crippen LogP contribution is -2.52. The standard InChI is InChI=1S/C24H28N4O2S/c1-18(26-24(29)19-5-3-11-25-17-19)23(22-6-4-16-31-22)28-14-12-27(13-15-28)20-7-9-21(30-2)10-8-20/h3-11,16-18,23H,12-15H2,1-2H3,(H,26,29)/t18-,23-/m1/s1. The molecule has 0 bridgehead atoms. The lowest BCUT2D eigenvalue weighted by atomic mass is 10.0. The number of nitrogens with one attached hydrogen (secondary N) is 1. The number of ether oxygens (including phenoxy) is 1. The Hall–Kier alpha value is -2.90. The fourth-order valence-electron chi connectivity index (χ4n) is 4.12. The molecule has 1 fully saturated rings. The normalized spacial score (nSPS) is 16.5. The van der Waals surface area contributed by atoms with Crippen LogP contribution in [0.1, 0.15) is 28.2 Å². The Balaban J connectivity index is 1.44. The van der Waals surface area contributed by atoms with Crippen LogP contribution in [0.4, 0.5) is 5.69 Å². The van der Waals surface area contributed by atoms with Crippen molar-refractivity contribution in [2.45, 2.75) is 19.0 Å². The number of anilines is 1. The summed E-state index contributed by atoms with van der Waals surface area (Å²) in [6, 6.07) is 16.2. The molecule has 3 aromatic rings. The van der Waals surface area contributed by atoms with E-state index in [9.17, 15) is 4.79 Å². The van der Waals surface area contributed by atoms with Gasteiger partial charge in [-0.05, 0) is 54.8 Å². The minimum Gasteiger partial charge on any atom is -0.497 e. The third kappa shape index (κ3) is 5.06. The fourth-order valence-corrected chi connectivity index (χ4v) is 5.08. The molecule has 2 aromatic heterocycles. The number of thiophene rings is 1. The lowest BCUT2D eigenvalue weighted by Gasteiger charge is -2.42. The predicted octanol–water partition coefficient (Wildman–Crippen LogP) is 3.83. The number of carbonyl (C=O) groups excluding carboxylic acids is 1. The third-order valence-electron chi connectivity index (χ3n) is 5.74. The van der Waals surface area contributed by atoms with Crippen molar-refractivity contribution in [1.29, 1.82) is 0 Å². The van der Waals surface area contributed by atoms with Gasteiger partial charge in [0.25, 0.3) is 5.91 Å². The molecule has 6 nitrogen and oxygen atoms in total. The van der Waals surface area contributed by atoms with Crippen LogP contribution in [0, 0.1) is 0 Å². The van der Waals surface area contributed by atoms with Gasteiger partial charge < -0.3 is 15.0 Å². The van der Waals surface area contributed by atoms with Gasteiger partial charge >= 0.3 is 0 Å². The quantitative estimate of drug-likeness (QED) is 0.610. The van der Waals surface area contributed by atoms with Crippen molar-refractivity contribution in [3.63, 3.8) is 0 Å². The Kier molecular flexibility index (Phi) is 6.84. The van der Waals surface area contributed by atoms with Crippen molar-refractivity contribution in [3.8, 4) is 5.75 Å². The number of hydrogen-bond acceptors (Lipinski definition) is 6. The first kappa shape index (κ1) is 21.3. The van der Waals surface area contributed by atoms with Gasteiger partial charge in [-0.1, -0.05) is 6.07 Å². The van der Waals surface area contributed by atoms with Crippen LogP contribution in [0.2, 0.25) is 0 Å². The minimum absolute atomic E-state index is 0.0288. The molecular weight excluding hydrogens is 408 g/mol. The highest BCUT2D eigenvalue weighted by Crippen LogP contribution is 2.30. The number of pyridine rings is 1. The second-order valence-corrected chi connectivity index (χ2v) is 8.66. The first-order chi connectivity index (χ1) is 15.2. The number of piperazine rings is 1. The van der Waals surface area contributed by atoms with E-state index in [-0.39, 0.29) is 18.0 Å². The molecule has 0 aliphatic carbocycles. The molecule has 1 aromatic carbocycles. The predicted molar refractivity (Wildman–Crippen MR) is 125 cm³/mol. The molecule has 2 atom stereocenters. The van der Waals surface area contributed by atoms with Gasteiger partial charge in [0.05, 0.1) is 18.7 Å². The van der Waals surface area contributed by atoms with E-state index in [0.29, 0.717) is 5.56 Å². The van der Waals surface area contributed by atoms with Crippen molar-refractivity contribution in [2.75, 3.05) is 38.2 Å². The summed E-state index contributed by atoms with van der Waals surface area (Å²) in [6.45, 7) is 5.84. The van der Waals surface area contributed by atoms with Gasteiger partial charge in [0, 0.05) is 55.2 Å². The zero-order valence-corrected chi connectivity index (χ0v) is 18.7. The maximum absolute atomic E-state index is 12.7. The van der Waals surface area contributed by atoms with E-state index in [2.05, 4.69) is 56.7 Å². The summed E-state index contributed by atoms with van der Waals surface area (Å²) in [5.74, 6) is 0.789. The number of benzene rings is 1. The van der Waals surface area contributed by atoms with E-state index >= 15 is 0 Å². The number of carbonyl (C=O) groups is 1. The SMILES string of the molecule is COc1ccc(N2CCN([C@@H](c3cccs3)[C@@H](C)NC(=O)c3cccnc3)CC2)cc1. The smallest absolute Gasteiger partial charge is 0.253 e. The molecule has 1 amide bonds. The van der Waals surface area contributed by atoms with Crippen molar-refractivity contribution in [1.82, 2.24) is 15.2 Å². The summed E-state index contributed by atoms with van der Waals surface area (Å²) >= 11 is 1.74. The first-order valence-corrected chi connectivity index (χ1v) is 11.4. The highest BCUT2D eigenvalue weighted by Gasteiger charge is 2.31. The molecule has 0 unspecified atom stereocenters. The van der Waals surface area contributed by atoms with E-state index in [4.69, 9.17) is 4.74 Å². The number of amides is 1. The van der Waals surface area contributed by atoms with Gasteiger partial charge in [-0.15, -0.1) is 11.3 Å². The van der Waals surface area contributed by atoms with Gasteiger partial charge in [-0.3, -0.25) is 14.7 Å². The third-order valence-corrected chi connectivity index (χ3v) is 6.68. The lowest BCUT2D eigenvalue weighted by molar-refractivity contribution is 0.0890. The molecular formula is C24H28N4O2S. The van der Waals surface area contributed by atoms with Crippen molar-refractivity contribution in [3.05, 3.63) is 76.7 Å². The second kappa shape index (κ2) is 9.94. The summed E-state index contributed by atoms with van der Waals surface area (Å²) in [7, 11) is 1.69. The Morgan fingerprint density at radius 3 is 2.48 bits per heavy atom. The number of nitrogens with zero attached hydrogens (tertiary/aromatic N) is 3. The summed E-state index contributed by atoms with van der Waals surface area (Å²) in [5.41, 5.74) is 1.80. The first-order valence-electron chi connectivity index (χ1n) is 10.5. The molecule has 1 aliphatic heterocycles. The van der Waals surface area contributed by atoms with E-state index in [1.807, 2.05) is 12.1 Å². The highest BCUT2D eigenvalue weighted by molar-refractivity contribution is 7.10. The number of rotatable bonds is 7. The average Bonchev–Trinajstić information content (AvgIpc) is 3.34. The monoisotopic (exact) mass is 436 g/mol. The van der Waals surface area contributed by atoms with Gasteiger partial charge in [-0.2, -0.15) is 0 Å². The van der Waals surface area contributed by atoms with Crippen LogP contribution in [-0.4, -0.2) is 55.1 Å². The minimum atomic E-state index is -0.0842. The molecule has 0 spiro atoms.